The van der Waals surface area contributed by atoms with Gasteiger partial charge in [-0.3, -0.25) is 9.59 Å². The number of hydrogen-bond acceptors (Lipinski definition) is 3. The number of benzene rings is 2. The van der Waals surface area contributed by atoms with Gasteiger partial charge in [0.05, 0.1) is 6.54 Å². The molecule has 1 atom stereocenters. The summed E-state index contributed by atoms with van der Waals surface area (Å²) in [5.41, 5.74) is 2.17. The van der Waals surface area contributed by atoms with Gasteiger partial charge in [-0.05, 0) is 42.8 Å². The Kier molecular flexibility index (Phi) is 6.56. The van der Waals surface area contributed by atoms with Crippen molar-refractivity contribution in [2.45, 2.75) is 13.0 Å². The summed E-state index contributed by atoms with van der Waals surface area (Å²) in [6.45, 7) is 2.11. The van der Waals surface area contributed by atoms with Crippen LogP contribution in [0.15, 0.2) is 48.5 Å². The van der Waals surface area contributed by atoms with E-state index in [4.69, 9.17) is 11.6 Å². The number of anilines is 1. The smallest absolute Gasteiger partial charge is 0.253 e. The number of amides is 2. The van der Waals surface area contributed by atoms with Crippen molar-refractivity contribution < 1.29 is 9.59 Å². The molecule has 0 saturated carbocycles. The lowest BCUT2D eigenvalue weighted by molar-refractivity contribution is -0.115. The fourth-order valence-corrected chi connectivity index (χ4v) is 2.64. The van der Waals surface area contributed by atoms with Gasteiger partial charge in [-0.1, -0.05) is 29.8 Å². The largest absolute Gasteiger partial charge is 0.345 e. The maximum Gasteiger partial charge on any atom is 0.253 e. The fraction of sp³-hybridized carbons (Fsp3) is 0.263. The van der Waals surface area contributed by atoms with Crippen molar-refractivity contribution in [2.75, 3.05) is 26.0 Å². The molecular weight excluding hydrogens is 338 g/mol. The van der Waals surface area contributed by atoms with Crippen LogP contribution in [0.2, 0.25) is 5.02 Å². The maximum atomic E-state index is 12.1. The van der Waals surface area contributed by atoms with E-state index in [0.29, 0.717) is 16.3 Å². The molecule has 0 aliphatic carbocycles. The summed E-state index contributed by atoms with van der Waals surface area (Å²) in [6.07, 6.45) is 0. The lowest BCUT2D eigenvalue weighted by Gasteiger charge is -2.15. The molecule has 0 aromatic heterocycles. The first-order valence-corrected chi connectivity index (χ1v) is 8.35. The summed E-state index contributed by atoms with van der Waals surface area (Å²) in [7, 11) is 3.40. The minimum absolute atomic E-state index is 0.0421. The van der Waals surface area contributed by atoms with E-state index >= 15 is 0 Å². The van der Waals surface area contributed by atoms with E-state index in [0.717, 1.165) is 5.56 Å². The van der Waals surface area contributed by atoms with Crippen LogP contribution < -0.4 is 10.6 Å². The predicted octanol–water partition coefficient (Wildman–Crippen LogP) is 3.33. The molecular formula is C19H22ClN3O2. The van der Waals surface area contributed by atoms with Gasteiger partial charge in [0.1, 0.15) is 0 Å². The van der Waals surface area contributed by atoms with E-state index in [9.17, 15) is 9.59 Å². The predicted molar refractivity (Wildman–Crippen MR) is 101 cm³/mol. The molecule has 0 saturated heterocycles. The third kappa shape index (κ3) is 5.31. The number of rotatable bonds is 6. The van der Waals surface area contributed by atoms with Gasteiger partial charge in [-0.25, -0.2) is 0 Å². The van der Waals surface area contributed by atoms with Gasteiger partial charge in [0.25, 0.3) is 5.91 Å². The molecule has 2 N–H and O–H groups in total. The van der Waals surface area contributed by atoms with Crippen molar-refractivity contribution in [3.63, 3.8) is 0 Å². The van der Waals surface area contributed by atoms with Crippen LogP contribution in [0.1, 0.15) is 28.9 Å². The van der Waals surface area contributed by atoms with Crippen molar-refractivity contribution in [2.24, 2.45) is 0 Å². The van der Waals surface area contributed by atoms with Crippen LogP contribution in [-0.4, -0.2) is 37.4 Å². The third-order valence-corrected chi connectivity index (χ3v) is 4.11. The van der Waals surface area contributed by atoms with Crippen molar-refractivity contribution in [1.82, 2.24) is 10.2 Å². The van der Waals surface area contributed by atoms with Crippen LogP contribution in [0, 0.1) is 0 Å². The summed E-state index contributed by atoms with van der Waals surface area (Å²) < 4.78 is 0. The third-order valence-electron chi connectivity index (χ3n) is 3.76. The van der Waals surface area contributed by atoms with Crippen molar-refractivity contribution in [3.05, 3.63) is 64.7 Å². The normalized spacial score (nSPS) is 11.7. The summed E-state index contributed by atoms with van der Waals surface area (Å²) in [5, 5.41) is 6.62. The summed E-state index contributed by atoms with van der Waals surface area (Å²) in [5.74, 6) is -0.237. The first-order valence-electron chi connectivity index (χ1n) is 7.98. The standard InChI is InChI=1S/C19H22ClN3O2/c1-13(16-6-4-5-7-17(16)20)21-12-18(24)22-15-10-8-14(9-11-15)19(25)23(2)3/h4-11,13,21H,12H2,1-3H3,(H,22,24). The molecule has 5 nitrogen and oxygen atoms in total. The summed E-state index contributed by atoms with van der Waals surface area (Å²) in [4.78, 5) is 25.4. The molecule has 0 fully saturated rings. The highest BCUT2D eigenvalue weighted by molar-refractivity contribution is 6.31. The zero-order valence-electron chi connectivity index (χ0n) is 14.5. The van der Waals surface area contributed by atoms with E-state index in [1.807, 2.05) is 31.2 Å². The minimum atomic E-state index is -0.161. The Bertz CT molecular complexity index is 745. The van der Waals surface area contributed by atoms with Crippen LogP contribution >= 0.6 is 11.6 Å². The molecule has 1 unspecified atom stereocenters. The van der Waals surface area contributed by atoms with Gasteiger partial charge >= 0.3 is 0 Å². The van der Waals surface area contributed by atoms with E-state index < -0.39 is 0 Å². The van der Waals surface area contributed by atoms with Gasteiger partial charge in [0, 0.05) is 36.4 Å². The Labute approximate surface area is 153 Å². The maximum absolute atomic E-state index is 12.1. The molecule has 0 heterocycles. The van der Waals surface area contributed by atoms with Crippen molar-refractivity contribution in [3.8, 4) is 0 Å². The van der Waals surface area contributed by atoms with Crippen LogP contribution in [0.3, 0.4) is 0 Å². The average molecular weight is 360 g/mol. The topological polar surface area (TPSA) is 61.4 Å². The number of nitrogens with zero attached hydrogens (tertiary/aromatic N) is 1. The van der Waals surface area contributed by atoms with E-state index in [1.54, 1.807) is 38.4 Å². The molecule has 2 aromatic rings. The summed E-state index contributed by atoms with van der Waals surface area (Å²) in [6, 6.07) is 14.3. The molecule has 0 spiro atoms. The molecule has 25 heavy (non-hydrogen) atoms. The Morgan fingerprint density at radius 3 is 2.32 bits per heavy atom. The monoisotopic (exact) mass is 359 g/mol. The van der Waals surface area contributed by atoms with Crippen LogP contribution in [-0.2, 0) is 4.79 Å². The number of carbonyl (C=O) groups excluding carboxylic acids is 2. The highest BCUT2D eigenvalue weighted by Crippen LogP contribution is 2.21. The molecule has 2 amide bonds. The Hall–Kier alpha value is -2.37. The number of carbonyl (C=O) groups is 2. The first-order chi connectivity index (χ1) is 11.9. The van der Waals surface area contributed by atoms with Gasteiger partial charge < -0.3 is 15.5 Å². The Balaban J connectivity index is 1.88. The molecule has 6 heteroatoms. The van der Waals surface area contributed by atoms with E-state index in [1.165, 1.54) is 4.90 Å². The lowest BCUT2D eigenvalue weighted by Crippen LogP contribution is -2.30. The first kappa shape index (κ1) is 19.0. The number of hydrogen-bond donors (Lipinski definition) is 2. The van der Waals surface area contributed by atoms with Crippen molar-refractivity contribution in [1.29, 1.82) is 0 Å². The molecule has 2 rings (SSSR count). The molecule has 132 valence electrons. The highest BCUT2D eigenvalue weighted by Gasteiger charge is 2.11. The van der Waals surface area contributed by atoms with Crippen LogP contribution in [0.25, 0.3) is 0 Å². The number of nitrogens with one attached hydrogen (secondary N) is 2. The van der Waals surface area contributed by atoms with Gasteiger partial charge in [0.2, 0.25) is 5.91 Å². The zero-order valence-corrected chi connectivity index (χ0v) is 15.3. The molecule has 0 aliphatic rings. The Morgan fingerprint density at radius 2 is 1.72 bits per heavy atom. The average Bonchev–Trinajstić information content (AvgIpc) is 2.60. The molecule has 0 radical (unpaired) electrons. The van der Waals surface area contributed by atoms with Gasteiger partial charge in [-0.15, -0.1) is 0 Å². The van der Waals surface area contributed by atoms with Crippen molar-refractivity contribution >= 4 is 29.1 Å². The van der Waals surface area contributed by atoms with Gasteiger partial charge in [-0.2, -0.15) is 0 Å². The Morgan fingerprint density at radius 1 is 1.08 bits per heavy atom. The second kappa shape index (κ2) is 8.65. The fourth-order valence-electron chi connectivity index (χ4n) is 2.34. The van der Waals surface area contributed by atoms with E-state index in [2.05, 4.69) is 10.6 Å². The minimum Gasteiger partial charge on any atom is -0.345 e. The lowest BCUT2D eigenvalue weighted by atomic mass is 10.1. The molecule has 2 aromatic carbocycles. The number of halogens is 1. The van der Waals surface area contributed by atoms with Crippen LogP contribution in [0.4, 0.5) is 5.69 Å². The highest BCUT2D eigenvalue weighted by atomic mass is 35.5. The SMILES string of the molecule is CC(NCC(=O)Nc1ccc(C(=O)N(C)C)cc1)c1ccccc1Cl. The quantitative estimate of drug-likeness (QED) is 0.831. The van der Waals surface area contributed by atoms with E-state index in [-0.39, 0.29) is 24.4 Å². The second-order valence-electron chi connectivity index (χ2n) is 5.95. The van der Waals surface area contributed by atoms with Gasteiger partial charge in [0.15, 0.2) is 0 Å². The van der Waals surface area contributed by atoms with Crippen LogP contribution in [0.5, 0.6) is 0 Å². The summed E-state index contributed by atoms with van der Waals surface area (Å²) >= 11 is 6.16. The zero-order chi connectivity index (χ0) is 18.4. The molecule has 0 bridgehead atoms. The second-order valence-corrected chi connectivity index (χ2v) is 6.36. The molecule has 0 aliphatic heterocycles.